The number of primary amides is 1. The Morgan fingerprint density at radius 3 is 2.69 bits per heavy atom. The van der Waals surface area contributed by atoms with Gasteiger partial charge in [0, 0.05) is 16.1 Å². The number of carbonyl (C=O) groups excluding carboxylic acids is 1. The normalized spacial score (nSPS) is 9.81. The zero-order valence-corrected chi connectivity index (χ0v) is 10.5. The van der Waals surface area contributed by atoms with E-state index in [4.69, 9.17) is 23.7 Å². The van der Waals surface area contributed by atoms with Gasteiger partial charge in [-0.05, 0) is 18.4 Å². The highest BCUT2D eigenvalue weighted by atomic mass is 32.2. The maximum Gasteiger partial charge on any atom is 0.236 e. The number of hydrogen-bond acceptors (Lipinski definition) is 4. The fraction of sp³-hybridized carbons (Fsp3) is 0.200. The number of hydrogen-bond donors (Lipinski definition) is 3. The van der Waals surface area contributed by atoms with Crippen molar-refractivity contribution in [1.29, 1.82) is 0 Å². The molecule has 0 unspecified atom stereocenters. The van der Waals surface area contributed by atoms with Gasteiger partial charge in [-0.2, -0.15) is 0 Å². The number of amides is 1. The highest BCUT2D eigenvalue weighted by molar-refractivity contribution is 7.98. The van der Waals surface area contributed by atoms with Crippen LogP contribution in [0.3, 0.4) is 0 Å². The van der Waals surface area contributed by atoms with Gasteiger partial charge in [0.25, 0.3) is 0 Å². The fourth-order valence-corrected chi connectivity index (χ4v) is 2.21. The highest BCUT2D eigenvalue weighted by Gasteiger charge is 2.10. The maximum atomic E-state index is 10.7. The van der Waals surface area contributed by atoms with Gasteiger partial charge in [0.05, 0.1) is 6.54 Å². The van der Waals surface area contributed by atoms with E-state index < -0.39 is 5.91 Å². The van der Waals surface area contributed by atoms with Gasteiger partial charge in [0.15, 0.2) is 0 Å². The summed E-state index contributed by atoms with van der Waals surface area (Å²) >= 11 is 6.54. The number of benzene rings is 1. The average molecular weight is 255 g/mol. The van der Waals surface area contributed by atoms with Crippen LogP contribution in [0.25, 0.3) is 0 Å². The molecule has 1 amide bonds. The number of nitrogens with one attached hydrogen (secondary N) is 1. The van der Waals surface area contributed by atoms with E-state index in [1.807, 2.05) is 24.5 Å². The molecule has 6 heteroatoms. The molecule has 0 heterocycles. The van der Waals surface area contributed by atoms with E-state index in [-0.39, 0.29) is 6.54 Å². The molecule has 0 aromatic heterocycles. The van der Waals surface area contributed by atoms with Crippen molar-refractivity contribution < 1.29 is 4.79 Å². The minimum atomic E-state index is -0.427. The minimum absolute atomic E-state index is 0.0629. The van der Waals surface area contributed by atoms with Crippen molar-refractivity contribution in [2.75, 3.05) is 18.1 Å². The second kappa shape index (κ2) is 5.72. The molecule has 1 aromatic rings. The molecule has 0 aliphatic heterocycles. The Labute approximate surface area is 104 Å². The van der Waals surface area contributed by atoms with Crippen LogP contribution in [-0.4, -0.2) is 23.7 Å². The van der Waals surface area contributed by atoms with Gasteiger partial charge in [-0.1, -0.05) is 18.3 Å². The lowest BCUT2D eigenvalue weighted by Gasteiger charge is -2.13. The van der Waals surface area contributed by atoms with Crippen LogP contribution in [0.1, 0.15) is 5.56 Å². The summed E-state index contributed by atoms with van der Waals surface area (Å²) in [4.78, 5) is 12.0. The molecule has 0 spiro atoms. The van der Waals surface area contributed by atoms with E-state index in [2.05, 4.69) is 5.32 Å². The van der Waals surface area contributed by atoms with Crippen LogP contribution < -0.4 is 16.8 Å². The molecule has 0 saturated carbocycles. The van der Waals surface area contributed by atoms with E-state index >= 15 is 0 Å². The summed E-state index contributed by atoms with van der Waals surface area (Å²) in [5, 5.41) is 2.91. The van der Waals surface area contributed by atoms with E-state index in [1.165, 1.54) is 0 Å². The van der Waals surface area contributed by atoms with Gasteiger partial charge in [-0.25, -0.2) is 0 Å². The molecular formula is C10H13N3OS2. The van der Waals surface area contributed by atoms with Crippen LogP contribution in [0.5, 0.6) is 0 Å². The molecule has 86 valence electrons. The minimum Gasteiger partial charge on any atom is -0.389 e. The number of thioether (sulfide) groups is 1. The monoisotopic (exact) mass is 255 g/mol. The highest BCUT2D eigenvalue weighted by Crippen LogP contribution is 2.26. The summed E-state index contributed by atoms with van der Waals surface area (Å²) in [6.45, 7) is 0.0629. The summed E-state index contributed by atoms with van der Waals surface area (Å²) in [7, 11) is 0. The van der Waals surface area contributed by atoms with Crippen LogP contribution >= 0.6 is 24.0 Å². The molecular weight excluding hydrogens is 242 g/mol. The summed E-state index contributed by atoms with van der Waals surface area (Å²) < 4.78 is 0. The summed E-state index contributed by atoms with van der Waals surface area (Å²) in [5.74, 6) is -0.427. The first kappa shape index (κ1) is 12.8. The number of nitrogens with two attached hydrogens (primary N) is 2. The van der Waals surface area contributed by atoms with Gasteiger partial charge < -0.3 is 16.8 Å². The number of thiocarbonyl (C=S) groups is 1. The lowest BCUT2D eigenvalue weighted by Crippen LogP contribution is -2.23. The van der Waals surface area contributed by atoms with Crippen LogP contribution in [0.4, 0.5) is 5.69 Å². The van der Waals surface area contributed by atoms with Crippen molar-refractivity contribution in [3.05, 3.63) is 23.8 Å². The predicted molar refractivity (Wildman–Crippen MR) is 71.8 cm³/mol. The predicted octanol–water partition coefficient (Wildman–Crippen LogP) is 0.940. The fourth-order valence-electron chi connectivity index (χ4n) is 1.29. The lowest BCUT2D eigenvalue weighted by atomic mass is 10.1. The van der Waals surface area contributed by atoms with Gasteiger partial charge in [-0.15, -0.1) is 11.8 Å². The molecule has 0 radical (unpaired) electrons. The van der Waals surface area contributed by atoms with E-state index in [0.717, 1.165) is 16.1 Å². The standard InChI is InChI=1S/C10H13N3OS2/c1-16-7-4-2-3-6(9(7)10(12)15)13-5-8(11)14/h2-4,13H,5H2,1H3,(H2,11,14)(H2,12,15). The van der Waals surface area contributed by atoms with Crippen LogP contribution in [0.15, 0.2) is 23.1 Å². The molecule has 0 bridgehead atoms. The molecule has 0 aliphatic carbocycles. The third kappa shape index (κ3) is 3.11. The third-order valence-electron chi connectivity index (χ3n) is 1.95. The second-order valence-electron chi connectivity index (χ2n) is 3.07. The molecule has 16 heavy (non-hydrogen) atoms. The molecule has 0 atom stereocenters. The lowest BCUT2D eigenvalue weighted by molar-refractivity contribution is -0.116. The zero-order valence-electron chi connectivity index (χ0n) is 8.82. The van der Waals surface area contributed by atoms with Crippen LogP contribution in [0.2, 0.25) is 0 Å². The summed E-state index contributed by atoms with van der Waals surface area (Å²) in [5.41, 5.74) is 12.2. The first-order valence-corrected chi connectivity index (χ1v) is 6.18. The van der Waals surface area contributed by atoms with Crippen LogP contribution in [0, 0.1) is 0 Å². The van der Waals surface area contributed by atoms with Crippen molar-refractivity contribution in [3.63, 3.8) is 0 Å². The smallest absolute Gasteiger partial charge is 0.236 e. The Balaban J connectivity index is 3.07. The molecule has 5 N–H and O–H groups in total. The Bertz CT molecular complexity index is 421. The van der Waals surface area contributed by atoms with Gasteiger partial charge in [0.1, 0.15) is 4.99 Å². The first-order valence-electron chi connectivity index (χ1n) is 4.55. The summed E-state index contributed by atoms with van der Waals surface area (Å²) in [6.07, 6.45) is 1.94. The SMILES string of the molecule is CSc1cccc(NCC(N)=O)c1C(N)=S. The third-order valence-corrected chi connectivity index (χ3v) is 2.93. The second-order valence-corrected chi connectivity index (χ2v) is 4.35. The van der Waals surface area contributed by atoms with E-state index in [9.17, 15) is 4.79 Å². The molecule has 0 aliphatic rings. The van der Waals surface area contributed by atoms with Crippen molar-refractivity contribution in [2.45, 2.75) is 4.90 Å². The van der Waals surface area contributed by atoms with E-state index in [0.29, 0.717) is 4.99 Å². The van der Waals surface area contributed by atoms with Crippen molar-refractivity contribution in [3.8, 4) is 0 Å². The Morgan fingerprint density at radius 2 is 2.19 bits per heavy atom. The maximum absolute atomic E-state index is 10.7. The van der Waals surface area contributed by atoms with E-state index in [1.54, 1.807) is 11.8 Å². The van der Waals surface area contributed by atoms with Crippen molar-refractivity contribution >= 4 is 40.6 Å². The topological polar surface area (TPSA) is 81.1 Å². The van der Waals surface area contributed by atoms with Gasteiger partial charge in [-0.3, -0.25) is 4.79 Å². The number of carbonyl (C=O) groups is 1. The quantitative estimate of drug-likeness (QED) is 0.539. The zero-order chi connectivity index (χ0) is 12.1. The van der Waals surface area contributed by atoms with Crippen molar-refractivity contribution in [1.82, 2.24) is 0 Å². The number of anilines is 1. The Morgan fingerprint density at radius 1 is 1.50 bits per heavy atom. The molecule has 4 nitrogen and oxygen atoms in total. The largest absolute Gasteiger partial charge is 0.389 e. The van der Waals surface area contributed by atoms with Gasteiger partial charge >= 0.3 is 0 Å². The Kier molecular flexibility index (Phi) is 4.57. The van der Waals surface area contributed by atoms with Crippen LogP contribution in [-0.2, 0) is 4.79 Å². The van der Waals surface area contributed by atoms with Crippen molar-refractivity contribution in [2.24, 2.45) is 11.5 Å². The molecule has 0 saturated heterocycles. The molecule has 1 aromatic carbocycles. The number of rotatable bonds is 5. The first-order chi connectivity index (χ1) is 7.56. The molecule has 1 rings (SSSR count). The summed E-state index contributed by atoms with van der Waals surface area (Å²) in [6, 6.07) is 5.61. The van der Waals surface area contributed by atoms with Gasteiger partial charge in [0.2, 0.25) is 5.91 Å². The Hall–Kier alpha value is -1.27. The average Bonchev–Trinajstić information content (AvgIpc) is 2.25. The molecule has 0 fully saturated rings.